The van der Waals surface area contributed by atoms with Crippen LogP contribution in [0, 0.1) is 11.6 Å². The largest absolute Gasteiger partial charge is 0.481 e. The lowest BCUT2D eigenvalue weighted by atomic mass is 10.1. The van der Waals surface area contributed by atoms with E-state index in [4.69, 9.17) is 4.74 Å². The summed E-state index contributed by atoms with van der Waals surface area (Å²) in [5.74, 6) is -1.70. The number of ether oxygens (including phenoxy) is 1. The van der Waals surface area contributed by atoms with Crippen LogP contribution in [0.3, 0.4) is 0 Å². The van der Waals surface area contributed by atoms with Crippen molar-refractivity contribution in [1.82, 2.24) is 20.6 Å². The first-order valence-electron chi connectivity index (χ1n) is 9.62. The molecule has 1 aromatic heterocycles. The predicted molar refractivity (Wildman–Crippen MR) is 110 cm³/mol. The molecule has 162 valence electrons. The van der Waals surface area contributed by atoms with Gasteiger partial charge in [0, 0.05) is 0 Å². The van der Waals surface area contributed by atoms with Gasteiger partial charge in [-0.05, 0) is 61.4 Å². The van der Waals surface area contributed by atoms with Crippen molar-refractivity contribution in [3.05, 3.63) is 77.6 Å². The number of nitrogens with one attached hydrogen (secondary N) is 2. The maximum absolute atomic E-state index is 13.2. The van der Waals surface area contributed by atoms with Crippen LogP contribution in [0.25, 0.3) is 5.69 Å². The van der Waals surface area contributed by atoms with Crippen LogP contribution in [0.2, 0.25) is 0 Å². The molecule has 0 fully saturated rings. The first-order valence-corrected chi connectivity index (χ1v) is 9.62. The van der Waals surface area contributed by atoms with Gasteiger partial charge in [-0.15, -0.1) is 0 Å². The van der Waals surface area contributed by atoms with Gasteiger partial charge in [0.05, 0.1) is 23.1 Å². The van der Waals surface area contributed by atoms with Gasteiger partial charge in [0.15, 0.2) is 6.10 Å². The molecular formula is C22H22F2N4O3. The molecular weight excluding hydrogens is 406 g/mol. The molecule has 0 aliphatic heterocycles. The first kappa shape index (κ1) is 21.9. The van der Waals surface area contributed by atoms with Crippen LogP contribution in [-0.2, 0) is 4.79 Å². The molecule has 2 N–H and O–H groups in total. The standard InChI is InChI=1S/C22H22F2N4O3/c1-13(2)20-19(12-25-28(20)17-8-4-15(23)5-9-17)22(30)27-26-21(29)14(3)31-18-10-6-16(24)7-11-18/h4-14H,1-3H3,(H,26,29)(H,27,30). The number of carbonyl (C=O) groups excluding carboxylic acids is 2. The summed E-state index contributed by atoms with van der Waals surface area (Å²) in [7, 11) is 0. The summed E-state index contributed by atoms with van der Waals surface area (Å²) in [5, 5.41) is 4.25. The third-order valence-electron chi connectivity index (χ3n) is 4.46. The van der Waals surface area contributed by atoms with Crippen molar-refractivity contribution in [2.75, 3.05) is 0 Å². The Bertz CT molecular complexity index is 1060. The van der Waals surface area contributed by atoms with E-state index in [0.29, 0.717) is 17.1 Å². The molecule has 3 aromatic rings. The molecule has 3 rings (SSSR count). The zero-order valence-corrected chi connectivity index (χ0v) is 17.2. The van der Waals surface area contributed by atoms with Gasteiger partial charge in [-0.2, -0.15) is 5.10 Å². The van der Waals surface area contributed by atoms with Crippen LogP contribution in [0.1, 0.15) is 42.7 Å². The molecule has 0 radical (unpaired) electrons. The monoisotopic (exact) mass is 428 g/mol. The van der Waals surface area contributed by atoms with Crippen molar-refractivity contribution < 1.29 is 23.1 Å². The SMILES string of the molecule is CC(Oc1ccc(F)cc1)C(=O)NNC(=O)c1cnn(-c2ccc(F)cc2)c1C(C)C. The van der Waals surface area contributed by atoms with Gasteiger partial charge >= 0.3 is 0 Å². The molecule has 0 aliphatic rings. The fourth-order valence-electron chi connectivity index (χ4n) is 2.93. The minimum absolute atomic E-state index is 0.0789. The Labute approximate surface area is 178 Å². The van der Waals surface area contributed by atoms with E-state index in [1.165, 1.54) is 49.5 Å². The minimum atomic E-state index is -0.933. The van der Waals surface area contributed by atoms with E-state index in [0.717, 1.165) is 0 Å². The fourth-order valence-corrected chi connectivity index (χ4v) is 2.93. The number of nitrogens with zero attached hydrogens (tertiary/aromatic N) is 2. The number of rotatable bonds is 6. The van der Waals surface area contributed by atoms with Crippen molar-refractivity contribution in [1.29, 1.82) is 0 Å². The highest BCUT2D eigenvalue weighted by Crippen LogP contribution is 2.23. The third kappa shape index (κ3) is 5.25. The smallest absolute Gasteiger partial charge is 0.279 e. The number of carbonyl (C=O) groups is 2. The van der Waals surface area contributed by atoms with Gasteiger partial charge < -0.3 is 4.74 Å². The lowest BCUT2D eigenvalue weighted by molar-refractivity contribution is -0.128. The molecule has 0 saturated heterocycles. The molecule has 2 amide bonds. The number of hydrazine groups is 1. The highest BCUT2D eigenvalue weighted by Gasteiger charge is 2.22. The second kappa shape index (κ2) is 9.38. The quantitative estimate of drug-likeness (QED) is 0.589. The molecule has 0 spiro atoms. The van der Waals surface area contributed by atoms with Gasteiger partial charge in [0.25, 0.3) is 11.8 Å². The fraction of sp³-hybridized carbons (Fsp3) is 0.227. The summed E-state index contributed by atoms with van der Waals surface area (Å²) in [4.78, 5) is 24.9. The molecule has 7 nitrogen and oxygen atoms in total. The molecule has 0 saturated carbocycles. The van der Waals surface area contributed by atoms with Crippen molar-refractivity contribution in [3.8, 4) is 11.4 Å². The van der Waals surface area contributed by atoms with Crippen molar-refractivity contribution in [3.63, 3.8) is 0 Å². The average Bonchev–Trinajstić information content (AvgIpc) is 3.19. The maximum Gasteiger partial charge on any atom is 0.279 e. The second-order valence-electron chi connectivity index (χ2n) is 7.14. The number of halogens is 2. The van der Waals surface area contributed by atoms with Crippen molar-refractivity contribution in [2.24, 2.45) is 0 Å². The Morgan fingerprint density at radius 2 is 1.52 bits per heavy atom. The summed E-state index contributed by atoms with van der Waals surface area (Å²) < 4.78 is 33.2. The molecule has 1 unspecified atom stereocenters. The Morgan fingerprint density at radius 1 is 0.935 bits per heavy atom. The first-order chi connectivity index (χ1) is 14.8. The van der Waals surface area contributed by atoms with Gasteiger partial charge in [-0.25, -0.2) is 13.5 Å². The summed E-state index contributed by atoms with van der Waals surface area (Å²) in [6.45, 7) is 5.28. The minimum Gasteiger partial charge on any atom is -0.481 e. The topological polar surface area (TPSA) is 85.2 Å². The van der Waals surface area contributed by atoms with Gasteiger partial charge in [-0.1, -0.05) is 13.8 Å². The molecule has 2 aromatic carbocycles. The molecule has 9 heteroatoms. The number of hydrogen-bond donors (Lipinski definition) is 2. The molecule has 0 bridgehead atoms. The second-order valence-corrected chi connectivity index (χ2v) is 7.14. The maximum atomic E-state index is 13.2. The predicted octanol–water partition coefficient (Wildman–Crippen LogP) is 3.50. The van der Waals surface area contributed by atoms with Crippen LogP contribution in [0.4, 0.5) is 8.78 Å². The van der Waals surface area contributed by atoms with Gasteiger partial charge in [0.2, 0.25) is 0 Å². The summed E-state index contributed by atoms with van der Waals surface area (Å²) in [5.41, 5.74) is 6.14. The Balaban J connectivity index is 1.68. The summed E-state index contributed by atoms with van der Waals surface area (Å²) in [6.07, 6.45) is 0.454. The van der Waals surface area contributed by atoms with Crippen LogP contribution in [0.15, 0.2) is 54.7 Å². The molecule has 31 heavy (non-hydrogen) atoms. The van der Waals surface area contributed by atoms with E-state index in [-0.39, 0.29) is 17.3 Å². The van der Waals surface area contributed by atoms with E-state index >= 15 is 0 Å². The Hall–Kier alpha value is -3.75. The molecule has 1 heterocycles. The number of hydrogen-bond acceptors (Lipinski definition) is 4. The van der Waals surface area contributed by atoms with Crippen molar-refractivity contribution in [2.45, 2.75) is 32.8 Å². The third-order valence-corrected chi connectivity index (χ3v) is 4.46. The van der Waals surface area contributed by atoms with E-state index in [9.17, 15) is 18.4 Å². The van der Waals surface area contributed by atoms with E-state index in [2.05, 4.69) is 16.0 Å². The average molecular weight is 428 g/mol. The van der Waals surface area contributed by atoms with Crippen LogP contribution >= 0.6 is 0 Å². The van der Waals surface area contributed by atoms with E-state index < -0.39 is 23.7 Å². The van der Waals surface area contributed by atoms with Crippen LogP contribution in [0.5, 0.6) is 5.75 Å². The highest BCUT2D eigenvalue weighted by atomic mass is 19.1. The van der Waals surface area contributed by atoms with Gasteiger partial charge in [-0.3, -0.25) is 20.4 Å². The zero-order chi connectivity index (χ0) is 22.5. The number of benzene rings is 2. The normalized spacial score (nSPS) is 11.8. The summed E-state index contributed by atoms with van der Waals surface area (Å²) in [6, 6.07) is 11.0. The molecule has 1 atom stereocenters. The van der Waals surface area contributed by atoms with Crippen molar-refractivity contribution >= 4 is 11.8 Å². The lowest BCUT2D eigenvalue weighted by Gasteiger charge is -2.16. The van der Waals surface area contributed by atoms with E-state index in [1.807, 2.05) is 13.8 Å². The lowest BCUT2D eigenvalue weighted by Crippen LogP contribution is -2.47. The van der Waals surface area contributed by atoms with Crippen LogP contribution < -0.4 is 15.6 Å². The summed E-state index contributed by atoms with van der Waals surface area (Å²) >= 11 is 0. The van der Waals surface area contributed by atoms with Gasteiger partial charge in [0.1, 0.15) is 17.4 Å². The Morgan fingerprint density at radius 3 is 2.10 bits per heavy atom. The number of amides is 2. The Kier molecular flexibility index (Phi) is 6.64. The zero-order valence-electron chi connectivity index (χ0n) is 17.2. The van der Waals surface area contributed by atoms with E-state index in [1.54, 1.807) is 16.8 Å². The number of aromatic nitrogens is 2. The van der Waals surface area contributed by atoms with Crippen LogP contribution in [-0.4, -0.2) is 27.7 Å². The highest BCUT2D eigenvalue weighted by molar-refractivity contribution is 5.96. The molecule has 0 aliphatic carbocycles.